The van der Waals surface area contributed by atoms with Crippen molar-refractivity contribution in [1.82, 2.24) is 19.6 Å². The minimum absolute atomic E-state index is 0. The second-order valence-corrected chi connectivity index (χ2v) is 4.26. The molecule has 0 atom stereocenters. The van der Waals surface area contributed by atoms with Crippen LogP contribution in [-0.4, -0.2) is 19.6 Å². The zero-order chi connectivity index (χ0) is 12.3. The van der Waals surface area contributed by atoms with E-state index in [1.165, 1.54) is 5.56 Å². The summed E-state index contributed by atoms with van der Waals surface area (Å²) >= 11 is 0. The summed E-state index contributed by atoms with van der Waals surface area (Å²) in [6.07, 6.45) is 5.10. The van der Waals surface area contributed by atoms with Gasteiger partial charge in [-0.3, -0.25) is 9.36 Å². The monoisotopic (exact) mass is 269 g/mol. The third-order valence-corrected chi connectivity index (χ3v) is 2.62. The Kier molecular flexibility index (Phi) is 5.22. The van der Waals surface area contributed by atoms with Crippen LogP contribution in [0.1, 0.15) is 24.6 Å². The van der Waals surface area contributed by atoms with Gasteiger partial charge in [0.05, 0.1) is 11.9 Å². The van der Waals surface area contributed by atoms with E-state index in [4.69, 9.17) is 0 Å². The quantitative estimate of drug-likeness (QED) is 0.907. The highest BCUT2D eigenvalue weighted by atomic mass is 35.5. The second-order valence-electron chi connectivity index (χ2n) is 4.26. The Balaban J connectivity index is 0.00000162. The van der Waals surface area contributed by atoms with Gasteiger partial charge < -0.3 is 5.32 Å². The van der Waals surface area contributed by atoms with Gasteiger partial charge in [-0.1, -0.05) is 6.92 Å². The number of anilines is 1. The Morgan fingerprint density at radius 1 is 1.39 bits per heavy atom. The smallest absolute Gasteiger partial charge is 0.124 e. The molecular formula is C12H20ClN5. The predicted octanol–water partition coefficient (Wildman–Crippen LogP) is 2.37. The van der Waals surface area contributed by atoms with E-state index in [1.807, 2.05) is 35.6 Å². The molecule has 0 aliphatic rings. The molecule has 2 aromatic rings. The molecule has 6 heteroatoms. The molecule has 100 valence electrons. The summed E-state index contributed by atoms with van der Waals surface area (Å²) < 4.78 is 3.83. The first-order valence-electron chi connectivity index (χ1n) is 5.95. The largest absolute Gasteiger partial charge is 0.366 e. The van der Waals surface area contributed by atoms with E-state index in [2.05, 4.69) is 28.6 Å². The van der Waals surface area contributed by atoms with E-state index >= 15 is 0 Å². The van der Waals surface area contributed by atoms with Crippen molar-refractivity contribution in [3.8, 4) is 0 Å². The van der Waals surface area contributed by atoms with Gasteiger partial charge in [-0.2, -0.15) is 10.2 Å². The molecule has 0 fully saturated rings. The number of hydrogen-bond donors (Lipinski definition) is 1. The normalized spacial score (nSPS) is 10.2. The zero-order valence-corrected chi connectivity index (χ0v) is 11.9. The van der Waals surface area contributed by atoms with Crippen LogP contribution in [0.4, 0.5) is 5.82 Å². The maximum atomic E-state index is 4.30. The maximum Gasteiger partial charge on any atom is 0.124 e. The minimum atomic E-state index is 0. The van der Waals surface area contributed by atoms with Crippen LogP contribution in [-0.2, 0) is 20.1 Å². The van der Waals surface area contributed by atoms with E-state index in [0.29, 0.717) is 0 Å². The van der Waals surface area contributed by atoms with Crippen molar-refractivity contribution in [2.24, 2.45) is 7.05 Å². The van der Waals surface area contributed by atoms with Crippen LogP contribution in [0, 0.1) is 6.92 Å². The van der Waals surface area contributed by atoms with Crippen molar-refractivity contribution in [2.75, 3.05) is 5.32 Å². The average molecular weight is 270 g/mol. The Morgan fingerprint density at radius 2 is 2.17 bits per heavy atom. The molecule has 0 spiro atoms. The minimum Gasteiger partial charge on any atom is -0.366 e. The lowest BCUT2D eigenvalue weighted by Gasteiger charge is -2.03. The van der Waals surface area contributed by atoms with E-state index in [1.54, 1.807) is 0 Å². The van der Waals surface area contributed by atoms with Crippen molar-refractivity contribution < 1.29 is 0 Å². The van der Waals surface area contributed by atoms with Gasteiger partial charge in [0.25, 0.3) is 0 Å². The van der Waals surface area contributed by atoms with Gasteiger partial charge in [-0.05, 0) is 13.3 Å². The maximum absolute atomic E-state index is 4.30. The predicted molar refractivity (Wildman–Crippen MR) is 75.0 cm³/mol. The molecule has 18 heavy (non-hydrogen) atoms. The fourth-order valence-corrected chi connectivity index (χ4v) is 1.82. The van der Waals surface area contributed by atoms with Gasteiger partial charge >= 0.3 is 0 Å². The molecule has 2 rings (SSSR count). The molecule has 2 aromatic heterocycles. The number of aromatic nitrogens is 4. The van der Waals surface area contributed by atoms with Crippen molar-refractivity contribution in [2.45, 2.75) is 33.4 Å². The van der Waals surface area contributed by atoms with Crippen LogP contribution in [0.25, 0.3) is 0 Å². The molecular weight excluding hydrogens is 250 g/mol. The van der Waals surface area contributed by atoms with E-state index in [0.717, 1.165) is 31.0 Å². The van der Waals surface area contributed by atoms with E-state index in [-0.39, 0.29) is 12.4 Å². The van der Waals surface area contributed by atoms with Crippen molar-refractivity contribution in [3.63, 3.8) is 0 Å². The average Bonchev–Trinajstić information content (AvgIpc) is 2.83. The highest BCUT2D eigenvalue weighted by Crippen LogP contribution is 2.09. The van der Waals surface area contributed by atoms with Crippen molar-refractivity contribution in [3.05, 3.63) is 29.7 Å². The topological polar surface area (TPSA) is 47.7 Å². The summed E-state index contributed by atoms with van der Waals surface area (Å²) in [4.78, 5) is 0. The summed E-state index contributed by atoms with van der Waals surface area (Å²) in [5.41, 5.74) is 2.22. The number of nitrogens with zero attached hydrogens (tertiary/aromatic N) is 4. The van der Waals surface area contributed by atoms with E-state index in [9.17, 15) is 0 Å². The van der Waals surface area contributed by atoms with Crippen molar-refractivity contribution >= 4 is 18.2 Å². The zero-order valence-electron chi connectivity index (χ0n) is 11.1. The number of rotatable bonds is 5. The van der Waals surface area contributed by atoms with Crippen molar-refractivity contribution in [1.29, 1.82) is 0 Å². The van der Waals surface area contributed by atoms with Gasteiger partial charge in [-0.15, -0.1) is 12.4 Å². The first kappa shape index (κ1) is 14.6. The number of hydrogen-bond acceptors (Lipinski definition) is 3. The summed E-state index contributed by atoms with van der Waals surface area (Å²) in [5, 5.41) is 11.9. The molecule has 0 saturated heterocycles. The molecule has 0 saturated carbocycles. The van der Waals surface area contributed by atoms with Gasteiger partial charge in [0.1, 0.15) is 5.82 Å². The van der Waals surface area contributed by atoms with Gasteiger partial charge in [0, 0.05) is 38.0 Å². The third kappa shape index (κ3) is 3.50. The van der Waals surface area contributed by atoms with Crippen LogP contribution in [0.2, 0.25) is 0 Å². The summed E-state index contributed by atoms with van der Waals surface area (Å²) in [7, 11) is 1.94. The number of halogens is 1. The lowest BCUT2D eigenvalue weighted by atomic mass is 10.3. The highest BCUT2D eigenvalue weighted by molar-refractivity contribution is 5.85. The standard InChI is InChI=1S/C12H19N5.ClH/c1-4-5-17-9-11(8-14-17)7-13-12-6-10(2)15-16(12)3;/h6,8-9,13H,4-5,7H2,1-3H3;1H. The third-order valence-electron chi connectivity index (χ3n) is 2.62. The van der Waals surface area contributed by atoms with Crippen LogP contribution >= 0.6 is 12.4 Å². The van der Waals surface area contributed by atoms with Crippen LogP contribution in [0.15, 0.2) is 18.5 Å². The molecule has 0 radical (unpaired) electrons. The first-order chi connectivity index (χ1) is 8.19. The van der Waals surface area contributed by atoms with Gasteiger partial charge in [-0.25, -0.2) is 0 Å². The second kappa shape index (κ2) is 6.44. The molecule has 0 aliphatic heterocycles. The summed E-state index contributed by atoms with van der Waals surface area (Å²) in [5.74, 6) is 1.03. The van der Waals surface area contributed by atoms with E-state index < -0.39 is 0 Å². The Bertz CT molecular complexity index is 488. The highest BCUT2D eigenvalue weighted by Gasteiger charge is 2.02. The molecule has 0 aliphatic carbocycles. The molecule has 1 N–H and O–H groups in total. The summed E-state index contributed by atoms with van der Waals surface area (Å²) in [6, 6.07) is 2.04. The van der Waals surface area contributed by atoms with Crippen LogP contribution in [0.3, 0.4) is 0 Å². The molecule has 0 bridgehead atoms. The number of nitrogens with one attached hydrogen (secondary N) is 1. The van der Waals surface area contributed by atoms with Gasteiger partial charge in [0.15, 0.2) is 0 Å². The lowest BCUT2D eigenvalue weighted by Crippen LogP contribution is -2.04. The van der Waals surface area contributed by atoms with Crippen LogP contribution < -0.4 is 5.32 Å². The molecule has 0 aromatic carbocycles. The first-order valence-corrected chi connectivity index (χ1v) is 5.95. The fraction of sp³-hybridized carbons (Fsp3) is 0.500. The summed E-state index contributed by atoms with van der Waals surface area (Å²) in [6.45, 7) is 5.90. The Hall–Kier alpha value is -1.49. The number of aryl methyl sites for hydroxylation is 3. The molecule has 0 unspecified atom stereocenters. The SMILES string of the molecule is CCCn1cc(CNc2cc(C)nn2C)cn1.Cl. The van der Waals surface area contributed by atoms with Gasteiger partial charge in [0.2, 0.25) is 0 Å². The molecule has 5 nitrogen and oxygen atoms in total. The lowest BCUT2D eigenvalue weighted by molar-refractivity contribution is 0.602. The Labute approximate surface area is 114 Å². The molecule has 0 amide bonds. The molecule has 2 heterocycles. The fourth-order valence-electron chi connectivity index (χ4n) is 1.82. The Morgan fingerprint density at radius 3 is 2.78 bits per heavy atom. The van der Waals surface area contributed by atoms with Crippen LogP contribution in [0.5, 0.6) is 0 Å².